The molecule has 29 heavy (non-hydrogen) atoms. The van der Waals surface area contributed by atoms with Gasteiger partial charge in [-0.15, -0.1) is 11.6 Å². The number of rotatable bonds is 2. The molecular weight excluding hydrogens is 396 g/mol. The van der Waals surface area contributed by atoms with E-state index >= 15 is 0 Å². The monoisotopic (exact) mass is 422 g/mol. The lowest BCUT2D eigenvalue weighted by Crippen LogP contribution is -2.52. The van der Waals surface area contributed by atoms with E-state index in [1.54, 1.807) is 13.0 Å². The van der Waals surface area contributed by atoms with Crippen LogP contribution in [-0.2, 0) is 28.6 Å². The second kappa shape index (κ2) is 5.57. The molecule has 0 radical (unpaired) electrons. The SMILES string of the molecule is COC(=O)[C@H]1[C@H]2[C@@]3(C=C[C@H](OC(C)=O)[C@@]2(C)C(=O)O3)[C@@H]2CC[C@@]3(C)C[C@]21C[C@@H]3Cl. The molecule has 1 aliphatic heterocycles. The smallest absolute Gasteiger partial charge is 0.317 e. The van der Waals surface area contributed by atoms with Crippen LogP contribution in [-0.4, -0.2) is 42.1 Å². The van der Waals surface area contributed by atoms with Crippen molar-refractivity contribution >= 4 is 29.5 Å². The number of hydrogen-bond donors (Lipinski definition) is 0. The van der Waals surface area contributed by atoms with Crippen molar-refractivity contribution in [3.63, 3.8) is 0 Å². The first kappa shape index (κ1) is 19.4. The van der Waals surface area contributed by atoms with Gasteiger partial charge in [-0.25, -0.2) is 0 Å². The number of alkyl halides is 1. The summed E-state index contributed by atoms with van der Waals surface area (Å²) < 4.78 is 17.0. The van der Waals surface area contributed by atoms with Crippen molar-refractivity contribution in [1.29, 1.82) is 0 Å². The van der Waals surface area contributed by atoms with Gasteiger partial charge in [0.15, 0.2) is 0 Å². The van der Waals surface area contributed by atoms with Crippen LogP contribution in [0.4, 0.5) is 0 Å². The van der Waals surface area contributed by atoms with Crippen LogP contribution in [0, 0.1) is 34.0 Å². The maximum absolute atomic E-state index is 13.2. The molecule has 0 unspecified atom stereocenters. The Morgan fingerprint density at radius 1 is 1.31 bits per heavy atom. The summed E-state index contributed by atoms with van der Waals surface area (Å²) in [7, 11) is 1.39. The quantitative estimate of drug-likeness (QED) is 0.294. The summed E-state index contributed by atoms with van der Waals surface area (Å²) in [6.45, 7) is 5.30. The normalized spacial score (nSPS) is 53.8. The van der Waals surface area contributed by atoms with E-state index in [0.29, 0.717) is 6.42 Å². The standard InChI is InChI=1S/C22H27ClO6/c1-11(24)28-14-6-8-22-12-5-7-19(2)10-21(12,9-13(19)23)15(17(25)27-4)16(22)20(14,3)18(26)29-22/h6,8,12-16H,5,7,9-10H2,1-4H3/t12-,13+,14+,15-,16-,19+,20-,21-,22-/m1/s1. The minimum absolute atomic E-state index is 0.00114. The van der Waals surface area contributed by atoms with Gasteiger partial charge in [-0.2, -0.15) is 0 Å². The van der Waals surface area contributed by atoms with Crippen molar-refractivity contribution in [3.8, 4) is 0 Å². The second-order valence-electron chi connectivity index (χ2n) is 10.2. The third kappa shape index (κ3) is 2.02. The van der Waals surface area contributed by atoms with Gasteiger partial charge in [-0.05, 0) is 55.6 Å². The van der Waals surface area contributed by atoms with Gasteiger partial charge in [-0.3, -0.25) is 14.4 Å². The molecule has 0 N–H and O–H groups in total. The molecule has 0 aromatic carbocycles. The number of carbonyl (C=O) groups excluding carboxylic acids is 3. The Morgan fingerprint density at radius 2 is 2.03 bits per heavy atom. The molecule has 0 aromatic heterocycles. The second-order valence-corrected chi connectivity index (χ2v) is 10.7. The predicted octanol–water partition coefficient (Wildman–Crippen LogP) is 3.01. The summed E-state index contributed by atoms with van der Waals surface area (Å²) in [5.74, 6) is -2.17. The number of ether oxygens (including phenoxy) is 3. The number of carbonyl (C=O) groups is 3. The molecule has 7 heteroatoms. The van der Waals surface area contributed by atoms with Gasteiger partial charge >= 0.3 is 17.9 Å². The van der Waals surface area contributed by atoms with Crippen molar-refractivity contribution < 1.29 is 28.6 Å². The first-order valence-electron chi connectivity index (χ1n) is 10.4. The molecule has 0 aromatic rings. The van der Waals surface area contributed by atoms with E-state index < -0.39 is 40.9 Å². The van der Waals surface area contributed by atoms with Gasteiger partial charge in [0.2, 0.25) is 0 Å². The molecule has 1 saturated heterocycles. The summed E-state index contributed by atoms with van der Waals surface area (Å²) in [5.41, 5.74) is -2.43. The molecule has 1 heterocycles. The zero-order chi connectivity index (χ0) is 21.0. The van der Waals surface area contributed by atoms with Crippen LogP contribution in [0.1, 0.15) is 46.5 Å². The minimum atomic E-state index is -1.13. The Labute approximate surface area is 175 Å². The van der Waals surface area contributed by atoms with Crippen LogP contribution < -0.4 is 0 Å². The van der Waals surface area contributed by atoms with Crippen molar-refractivity contribution in [2.24, 2.45) is 34.0 Å². The van der Waals surface area contributed by atoms with Crippen LogP contribution in [0.15, 0.2) is 12.2 Å². The highest BCUT2D eigenvalue weighted by Gasteiger charge is 2.84. The Balaban J connectivity index is 1.72. The Bertz CT molecular complexity index is 854. The third-order valence-electron chi connectivity index (χ3n) is 8.96. The fourth-order valence-corrected chi connectivity index (χ4v) is 8.37. The fourth-order valence-electron chi connectivity index (χ4n) is 7.89. The highest BCUT2D eigenvalue weighted by Crippen LogP contribution is 2.78. The highest BCUT2D eigenvalue weighted by molar-refractivity contribution is 6.21. The minimum Gasteiger partial charge on any atom is -0.469 e. The Hall–Kier alpha value is -1.56. The number of esters is 3. The molecule has 4 bridgehead atoms. The molecule has 3 saturated carbocycles. The van der Waals surface area contributed by atoms with E-state index in [-0.39, 0.29) is 28.1 Å². The molecular formula is C22H27ClO6. The van der Waals surface area contributed by atoms with Crippen molar-refractivity contribution in [2.45, 2.75) is 63.5 Å². The molecule has 4 aliphatic carbocycles. The number of methoxy groups -OCH3 is 1. The summed E-state index contributed by atoms with van der Waals surface area (Å²) in [6.07, 6.45) is 6.22. The van der Waals surface area contributed by atoms with Crippen LogP contribution >= 0.6 is 11.6 Å². The largest absolute Gasteiger partial charge is 0.469 e. The van der Waals surface area contributed by atoms with Crippen LogP contribution in [0.5, 0.6) is 0 Å². The van der Waals surface area contributed by atoms with E-state index in [2.05, 4.69) is 6.92 Å². The van der Waals surface area contributed by atoms with Gasteiger partial charge < -0.3 is 14.2 Å². The van der Waals surface area contributed by atoms with Crippen LogP contribution in [0.3, 0.4) is 0 Å². The van der Waals surface area contributed by atoms with Crippen LogP contribution in [0.2, 0.25) is 0 Å². The molecule has 1 spiro atoms. The molecule has 5 aliphatic rings. The Kier molecular flexibility index (Phi) is 3.73. The van der Waals surface area contributed by atoms with Crippen molar-refractivity contribution in [1.82, 2.24) is 0 Å². The lowest BCUT2D eigenvalue weighted by Gasteiger charge is -2.45. The van der Waals surface area contributed by atoms with Crippen LogP contribution in [0.25, 0.3) is 0 Å². The van der Waals surface area contributed by atoms with E-state index in [4.69, 9.17) is 25.8 Å². The van der Waals surface area contributed by atoms with Gasteiger partial charge in [0, 0.05) is 24.1 Å². The maximum Gasteiger partial charge on any atom is 0.317 e. The molecule has 5 rings (SSSR count). The Morgan fingerprint density at radius 3 is 2.69 bits per heavy atom. The van der Waals surface area contributed by atoms with E-state index in [1.807, 2.05) is 6.08 Å². The van der Waals surface area contributed by atoms with E-state index in [9.17, 15) is 14.4 Å². The topological polar surface area (TPSA) is 78.9 Å². The summed E-state index contributed by atoms with van der Waals surface area (Å²) in [6, 6.07) is 0. The number of hydrogen-bond acceptors (Lipinski definition) is 6. The maximum atomic E-state index is 13.2. The first-order valence-corrected chi connectivity index (χ1v) is 10.8. The van der Waals surface area contributed by atoms with Gasteiger partial charge in [0.25, 0.3) is 0 Å². The predicted molar refractivity (Wildman–Crippen MR) is 103 cm³/mol. The molecule has 6 nitrogen and oxygen atoms in total. The first-order chi connectivity index (χ1) is 13.5. The zero-order valence-electron chi connectivity index (χ0n) is 17.2. The van der Waals surface area contributed by atoms with Gasteiger partial charge in [0.05, 0.1) is 13.0 Å². The van der Waals surface area contributed by atoms with Gasteiger partial charge in [-0.1, -0.05) is 6.92 Å². The fraction of sp³-hybridized carbons (Fsp3) is 0.773. The van der Waals surface area contributed by atoms with Gasteiger partial charge in [0.1, 0.15) is 17.1 Å². The van der Waals surface area contributed by atoms with E-state index in [0.717, 1.165) is 19.3 Å². The van der Waals surface area contributed by atoms with Crippen molar-refractivity contribution in [3.05, 3.63) is 12.2 Å². The van der Waals surface area contributed by atoms with E-state index in [1.165, 1.54) is 14.0 Å². The number of halogens is 1. The lowest BCUT2D eigenvalue weighted by molar-refractivity contribution is -0.167. The summed E-state index contributed by atoms with van der Waals surface area (Å²) >= 11 is 6.84. The highest BCUT2D eigenvalue weighted by atomic mass is 35.5. The summed E-state index contributed by atoms with van der Waals surface area (Å²) in [4.78, 5) is 38.2. The molecule has 4 fully saturated rings. The average molecular weight is 423 g/mol. The zero-order valence-corrected chi connectivity index (χ0v) is 18.0. The third-order valence-corrected chi connectivity index (χ3v) is 9.64. The lowest BCUT2D eigenvalue weighted by atomic mass is 9.60. The number of fused-ring (bicyclic) bond motifs is 1. The molecule has 9 atom stereocenters. The molecule has 0 amide bonds. The average Bonchev–Trinajstić information content (AvgIpc) is 3.07. The summed E-state index contributed by atoms with van der Waals surface area (Å²) in [5, 5.41) is -0.0357. The molecule has 158 valence electrons. The van der Waals surface area contributed by atoms with Crippen molar-refractivity contribution in [2.75, 3.05) is 7.11 Å².